The fourth-order valence-electron chi connectivity index (χ4n) is 2.90. The zero-order valence-electron chi connectivity index (χ0n) is 18.7. The van der Waals surface area contributed by atoms with Crippen LogP contribution >= 0.6 is 0 Å². The lowest BCUT2D eigenvalue weighted by Gasteiger charge is -2.20. The predicted octanol–water partition coefficient (Wildman–Crippen LogP) is 0.593. The standard InChI is InChI=1S/C21H27N9O3/c1-21(2,33)10-27-19(31)16(23-3)14(6-22)30-20(32)17-18(28-13-7-24-11-25-8-13)26-9-15(29-17)12-4-5-12/h6-9,11-12,14,22,33H,4-5,10H2,1-3H3,(H,26,28)(H,27,31)(H,30,32). The van der Waals surface area contributed by atoms with Crippen molar-refractivity contribution >= 4 is 35.2 Å². The molecule has 1 saturated carbocycles. The maximum Gasteiger partial charge on any atom is 0.274 e. The molecule has 1 atom stereocenters. The van der Waals surface area contributed by atoms with Gasteiger partial charge in [-0.2, -0.15) is 0 Å². The van der Waals surface area contributed by atoms with Crippen molar-refractivity contribution in [3.8, 4) is 0 Å². The number of carbonyl (C=O) groups is 2. The third kappa shape index (κ3) is 6.59. The van der Waals surface area contributed by atoms with Crippen LogP contribution in [0.2, 0.25) is 0 Å². The van der Waals surface area contributed by atoms with Gasteiger partial charge in [-0.1, -0.05) is 0 Å². The van der Waals surface area contributed by atoms with E-state index in [0.29, 0.717) is 11.4 Å². The summed E-state index contributed by atoms with van der Waals surface area (Å²) in [4.78, 5) is 46.4. The summed E-state index contributed by atoms with van der Waals surface area (Å²) in [5, 5.41) is 25.7. The molecule has 12 nitrogen and oxygen atoms in total. The minimum Gasteiger partial charge on any atom is -0.389 e. The molecular weight excluding hydrogens is 426 g/mol. The molecular formula is C21H27N9O3. The van der Waals surface area contributed by atoms with Crippen LogP contribution in [0.3, 0.4) is 0 Å². The molecule has 12 heteroatoms. The van der Waals surface area contributed by atoms with Crippen LogP contribution in [0.5, 0.6) is 0 Å². The lowest BCUT2D eigenvalue weighted by Crippen LogP contribution is -2.50. The number of carbonyl (C=O) groups excluding carboxylic acids is 2. The van der Waals surface area contributed by atoms with Gasteiger partial charge in [0.05, 0.1) is 35.6 Å². The van der Waals surface area contributed by atoms with Crippen LogP contribution in [0.1, 0.15) is 48.8 Å². The molecule has 1 fully saturated rings. The van der Waals surface area contributed by atoms with Crippen LogP contribution in [-0.4, -0.2) is 74.0 Å². The number of rotatable bonds is 10. The van der Waals surface area contributed by atoms with Crippen LogP contribution in [0.4, 0.5) is 11.5 Å². The summed E-state index contributed by atoms with van der Waals surface area (Å²) in [6.07, 6.45) is 8.92. The van der Waals surface area contributed by atoms with E-state index in [4.69, 9.17) is 5.41 Å². The van der Waals surface area contributed by atoms with Crippen LogP contribution in [0.15, 0.2) is 29.9 Å². The molecule has 0 radical (unpaired) electrons. The highest BCUT2D eigenvalue weighted by Crippen LogP contribution is 2.39. The van der Waals surface area contributed by atoms with Gasteiger partial charge in [0, 0.05) is 25.7 Å². The first-order chi connectivity index (χ1) is 15.7. The SMILES string of the molecule is CN=C(C(=O)NCC(C)(C)O)C(C=N)NC(=O)c1nc(C2CC2)cnc1Nc1cncnc1. The van der Waals surface area contributed by atoms with Gasteiger partial charge < -0.3 is 26.5 Å². The predicted molar refractivity (Wildman–Crippen MR) is 122 cm³/mol. The fourth-order valence-corrected chi connectivity index (χ4v) is 2.90. The average Bonchev–Trinajstić information content (AvgIpc) is 3.63. The number of amides is 2. The van der Waals surface area contributed by atoms with Crippen molar-refractivity contribution in [3.63, 3.8) is 0 Å². The second kappa shape index (κ2) is 10.2. The number of anilines is 2. The maximum atomic E-state index is 13.2. The van der Waals surface area contributed by atoms with E-state index in [1.165, 1.54) is 25.8 Å². The molecule has 3 rings (SSSR count). The molecule has 2 aromatic rings. The Kier molecular flexibility index (Phi) is 7.38. The molecule has 2 heterocycles. The van der Waals surface area contributed by atoms with Gasteiger partial charge in [0.1, 0.15) is 18.1 Å². The Bertz CT molecular complexity index is 1050. The van der Waals surface area contributed by atoms with E-state index in [0.717, 1.165) is 19.1 Å². The molecule has 33 heavy (non-hydrogen) atoms. The number of hydrogen-bond acceptors (Lipinski definition) is 10. The highest BCUT2D eigenvalue weighted by Gasteiger charge is 2.30. The van der Waals surface area contributed by atoms with Gasteiger partial charge in [0.2, 0.25) is 0 Å². The van der Waals surface area contributed by atoms with Crippen LogP contribution in [0, 0.1) is 5.41 Å². The summed E-state index contributed by atoms with van der Waals surface area (Å²) in [5.41, 5.74) is 0.0277. The van der Waals surface area contributed by atoms with E-state index in [1.807, 2.05) is 0 Å². The molecule has 1 unspecified atom stereocenters. The van der Waals surface area contributed by atoms with E-state index in [2.05, 4.69) is 40.9 Å². The molecule has 0 bridgehead atoms. The number of aliphatic imine (C=N–C) groups is 1. The molecule has 0 aliphatic heterocycles. The maximum absolute atomic E-state index is 13.2. The zero-order valence-corrected chi connectivity index (χ0v) is 18.7. The third-order valence-corrected chi connectivity index (χ3v) is 4.73. The van der Waals surface area contributed by atoms with Gasteiger partial charge in [-0.3, -0.25) is 14.6 Å². The van der Waals surface area contributed by atoms with Crippen molar-refractivity contribution in [2.24, 2.45) is 4.99 Å². The first-order valence-electron chi connectivity index (χ1n) is 10.4. The van der Waals surface area contributed by atoms with Gasteiger partial charge in [0.15, 0.2) is 11.5 Å². The first-order valence-corrected chi connectivity index (χ1v) is 10.4. The van der Waals surface area contributed by atoms with Crippen LogP contribution < -0.4 is 16.0 Å². The summed E-state index contributed by atoms with van der Waals surface area (Å²) >= 11 is 0. The van der Waals surface area contributed by atoms with Crippen LogP contribution in [0.25, 0.3) is 0 Å². The minimum absolute atomic E-state index is 0.0162. The molecule has 1 aliphatic rings. The molecule has 2 aromatic heterocycles. The Balaban J connectivity index is 1.82. The lowest BCUT2D eigenvalue weighted by molar-refractivity contribution is -0.115. The Hall–Kier alpha value is -3.80. The molecule has 2 amide bonds. The highest BCUT2D eigenvalue weighted by molar-refractivity contribution is 6.44. The molecule has 0 saturated heterocycles. The van der Waals surface area contributed by atoms with E-state index in [1.54, 1.807) is 20.0 Å². The second-order valence-electron chi connectivity index (χ2n) is 8.24. The van der Waals surface area contributed by atoms with E-state index in [-0.39, 0.29) is 29.7 Å². The minimum atomic E-state index is -1.13. The summed E-state index contributed by atoms with van der Waals surface area (Å²) in [6, 6.07) is -1.11. The Labute approximate surface area is 190 Å². The number of hydrogen-bond donors (Lipinski definition) is 5. The molecule has 5 N–H and O–H groups in total. The quantitative estimate of drug-likeness (QED) is 0.324. The van der Waals surface area contributed by atoms with E-state index >= 15 is 0 Å². The highest BCUT2D eigenvalue weighted by atomic mass is 16.3. The van der Waals surface area contributed by atoms with Gasteiger partial charge >= 0.3 is 0 Å². The Morgan fingerprint density at radius 2 is 2.00 bits per heavy atom. The van der Waals surface area contributed by atoms with Gasteiger partial charge in [-0.05, 0) is 26.7 Å². The second-order valence-corrected chi connectivity index (χ2v) is 8.24. The third-order valence-electron chi connectivity index (χ3n) is 4.73. The monoisotopic (exact) mass is 453 g/mol. The smallest absolute Gasteiger partial charge is 0.274 e. The summed E-state index contributed by atoms with van der Waals surface area (Å²) < 4.78 is 0. The van der Waals surface area contributed by atoms with Crippen molar-refractivity contribution in [1.29, 1.82) is 5.41 Å². The fraction of sp³-hybridized carbons (Fsp3) is 0.429. The zero-order chi connectivity index (χ0) is 24.0. The molecule has 1 aliphatic carbocycles. The number of nitrogens with one attached hydrogen (secondary N) is 4. The number of aromatic nitrogens is 4. The van der Waals surface area contributed by atoms with Gasteiger partial charge in [-0.25, -0.2) is 19.9 Å². The molecule has 174 valence electrons. The normalized spacial score (nSPS) is 14.8. The Morgan fingerprint density at radius 3 is 2.58 bits per heavy atom. The van der Waals surface area contributed by atoms with Crippen molar-refractivity contribution in [2.75, 3.05) is 18.9 Å². The van der Waals surface area contributed by atoms with E-state index < -0.39 is 23.5 Å². The summed E-state index contributed by atoms with van der Waals surface area (Å²) in [6.45, 7) is 3.07. The first kappa shape index (κ1) is 23.9. The van der Waals surface area contributed by atoms with Crippen molar-refractivity contribution in [3.05, 3.63) is 36.3 Å². The van der Waals surface area contributed by atoms with E-state index in [9.17, 15) is 14.7 Å². The average molecular weight is 454 g/mol. The van der Waals surface area contributed by atoms with Crippen LogP contribution in [-0.2, 0) is 4.79 Å². The van der Waals surface area contributed by atoms with Crippen molar-refractivity contribution in [2.45, 2.75) is 44.2 Å². The molecule has 0 spiro atoms. The lowest BCUT2D eigenvalue weighted by atomic mass is 10.1. The molecule has 0 aromatic carbocycles. The number of aliphatic hydroxyl groups is 1. The summed E-state index contributed by atoms with van der Waals surface area (Å²) in [7, 11) is 1.39. The van der Waals surface area contributed by atoms with Crippen molar-refractivity contribution in [1.82, 2.24) is 30.6 Å². The summed E-state index contributed by atoms with van der Waals surface area (Å²) in [5.74, 6) is -0.783. The number of nitrogens with zero attached hydrogens (tertiary/aromatic N) is 5. The Morgan fingerprint density at radius 1 is 1.30 bits per heavy atom. The topological polar surface area (TPSA) is 178 Å². The largest absolute Gasteiger partial charge is 0.389 e. The van der Waals surface area contributed by atoms with Gasteiger partial charge in [0.25, 0.3) is 11.8 Å². The van der Waals surface area contributed by atoms with Crippen molar-refractivity contribution < 1.29 is 14.7 Å². The van der Waals surface area contributed by atoms with Gasteiger partial charge in [-0.15, -0.1) is 0 Å².